The van der Waals surface area contributed by atoms with Crippen LogP contribution in [0.3, 0.4) is 0 Å². The molecule has 0 saturated heterocycles. The van der Waals surface area contributed by atoms with Crippen LogP contribution < -0.4 is 0 Å². The highest BCUT2D eigenvalue weighted by molar-refractivity contribution is 5.92. The Balaban J connectivity index is 1.69. The first kappa shape index (κ1) is 16.7. The number of fused-ring (bicyclic) bond motifs is 1. The third-order valence-electron chi connectivity index (χ3n) is 4.36. The maximum Gasteiger partial charge on any atom is 0.270 e. The summed E-state index contributed by atoms with van der Waals surface area (Å²) in [5.41, 5.74) is 3.91. The maximum absolute atomic E-state index is 12.6. The molecule has 2 aromatic rings. The van der Waals surface area contributed by atoms with E-state index in [1.165, 1.54) is 5.69 Å². The fraction of sp³-hybridized carbons (Fsp3) is 0.529. The lowest BCUT2D eigenvalue weighted by atomic mass is 10.0. The number of ether oxygens (including phenoxy) is 1. The van der Waals surface area contributed by atoms with Crippen LogP contribution in [0.5, 0.6) is 0 Å². The lowest BCUT2D eigenvalue weighted by Crippen LogP contribution is -2.36. The Kier molecular flexibility index (Phi) is 5.01. The Morgan fingerprint density at radius 2 is 2.29 bits per heavy atom. The molecule has 0 spiro atoms. The summed E-state index contributed by atoms with van der Waals surface area (Å²) in [5, 5.41) is 4.60. The van der Waals surface area contributed by atoms with Gasteiger partial charge in [0.1, 0.15) is 5.69 Å². The summed E-state index contributed by atoms with van der Waals surface area (Å²) >= 11 is 0. The van der Waals surface area contributed by atoms with Gasteiger partial charge in [-0.2, -0.15) is 5.10 Å². The number of carbonyl (C=O) groups is 1. The van der Waals surface area contributed by atoms with Gasteiger partial charge in [0, 0.05) is 50.6 Å². The Labute approximate surface area is 142 Å². The molecule has 24 heavy (non-hydrogen) atoms. The molecule has 7 nitrogen and oxygen atoms in total. The first-order valence-corrected chi connectivity index (χ1v) is 8.25. The number of aromatic amines is 1. The monoisotopic (exact) mass is 331 g/mol. The fourth-order valence-corrected chi connectivity index (χ4v) is 3.01. The Bertz CT molecular complexity index is 690. The molecule has 0 fully saturated rings. The average Bonchev–Trinajstić information content (AvgIpc) is 3.19. The number of amides is 1. The average molecular weight is 331 g/mol. The lowest BCUT2D eigenvalue weighted by molar-refractivity contribution is 0.0723. The van der Waals surface area contributed by atoms with Crippen LogP contribution in [0, 0.1) is 0 Å². The Morgan fingerprint density at radius 3 is 3.00 bits per heavy atom. The summed E-state index contributed by atoms with van der Waals surface area (Å²) in [4.78, 5) is 19.5. The van der Waals surface area contributed by atoms with E-state index in [2.05, 4.69) is 15.0 Å². The van der Waals surface area contributed by atoms with E-state index in [9.17, 15) is 4.79 Å². The zero-order chi connectivity index (χ0) is 17.1. The van der Waals surface area contributed by atoms with E-state index >= 15 is 0 Å². The van der Waals surface area contributed by atoms with Crippen LogP contribution in [0.1, 0.15) is 27.4 Å². The molecule has 1 aliphatic rings. The number of rotatable bonds is 6. The first-order chi connectivity index (χ1) is 11.6. The third-order valence-corrected chi connectivity index (χ3v) is 4.36. The minimum atomic E-state index is 0.0361. The highest BCUT2D eigenvalue weighted by Crippen LogP contribution is 2.23. The molecule has 1 amide bonds. The molecule has 0 radical (unpaired) electrons. The van der Waals surface area contributed by atoms with Crippen LogP contribution in [0.15, 0.2) is 18.3 Å². The predicted molar refractivity (Wildman–Crippen MR) is 90.7 cm³/mol. The third kappa shape index (κ3) is 3.52. The van der Waals surface area contributed by atoms with Crippen LogP contribution in [0.2, 0.25) is 0 Å². The topological polar surface area (TPSA) is 66.4 Å². The summed E-state index contributed by atoms with van der Waals surface area (Å²) in [5.74, 6) is 0.0361. The number of hydrogen-bond donors (Lipinski definition) is 1. The van der Waals surface area contributed by atoms with Gasteiger partial charge in [-0.15, -0.1) is 0 Å². The van der Waals surface area contributed by atoms with Crippen molar-refractivity contribution in [3.8, 4) is 0 Å². The van der Waals surface area contributed by atoms with Crippen LogP contribution in [0.4, 0.5) is 0 Å². The SMILES string of the molecule is CN(C)CCOCc1nn(C)c2c1CN(C(=O)c1ccc[nH]1)CC2. The van der Waals surface area contributed by atoms with Crippen LogP contribution in [0.25, 0.3) is 0 Å². The van der Waals surface area contributed by atoms with Crippen LogP contribution >= 0.6 is 0 Å². The van der Waals surface area contributed by atoms with Crippen LogP contribution in [-0.2, 0) is 31.4 Å². The van der Waals surface area contributed by atoms with E-state index in [4.69, 9.17) is 4.74 Å². The maximum atomic E-state index is 12.6. The molecule has 0 atom stereocenters. The predicted octanol–water partition coefficient (Wildman–Crippen LogP) is 1.02. The van der Waals surface area contributed by atoms with Crippen molar-refractivity contribution in [1.29, 1.82) is 0 Å². The number of aryl methyl sites for hydroxylation is 1. The van der Waals surface area contributed by atoms with Gasteiger partial charge in [-0.05, 0) is 26.2 Å². The standard InChI is InChI=1S/C17H25N5O2/c1-20(2)9-10-24-12-15-13-11-22(8-6-16(13)21(3)19-15)17(23)14-5-4-7-18-14/h4-5,7,18H,6,8-12H2,1-3H3. The normalized spacial score (nSPS) is 14.2. The number of aromatic nitrogens is 3. The molecule has 1 N–H and O–H groups in total. The van der Waals surface area contributed by atoms with Gasteiger partial charge in [0.15, 0.2) is 0 Å². The molecule has 0 aliphatic carbocycles. The van der Waals surface area contributed by atoms with E-state index in [1.54, 1.807) is 6.20 Å². The quantitative estimate of drug-likeness (QED) is 0.803. The van der Waals surface area contributed by atoms with Crippen molar-refractivity contribution in [2.24, 2.45) is 7.05 Å². The van der Waals surface area contributed by atoms with Crippen molar-refractivity contribution < 1.29 is 9.53 Å². The molecule has 0 bridgehead atoms. The Morgan fingerprint density at radius 1 is 1.46 bits per heavy atom. The highest BCUT2D eigenvalue weighted by atomic mass is 16.5. The molecule has 0 unspecified atom stereocenters. The largest absolute Gasteiger partial charge is 0.374 e. The van der Waals surface area contributed by atoms with Crippen molar-refractivity contribution in [1.82, 2.24) is 24.6 Å². The fourth-order valence-electron chi connectivity index (χ4n) is 3.01. The molecule has 7 heteroatoms. The number of nitrogens with one attached hydrogen (secondary N) is 1. The van der Waals surface area contributed by atoms with E-state index in [0.29, 0.717) is 32.0 Å². The van der Waals surface area contributed by atoms with Crippen molar-refractivity contribution in [3.05, 3.63) is 41.0 Å². The van der Waals surface area contributed by atoms with E-state index < -0.39 is 0 Å². The van der Waals surface area contributed by atoms with Gasteiger partial charge in [0.05, 0.1) is 18.9 Å². The molecular formula is C17H25N5O2. The lowest BCUT2D eigenvalue weighted by Gasteiger charge is -2.27. The van der Waals surface area contributed by atoms with Gasteiger partial charge in [0.25, 0.3) is 5.91 Å². The molecule has 2 aromatic heterocycles. The molecular weight excluding hydrogens is 306 g/mol. The number of hydrogen-bond acceptors (Lipinski definition) is 4. The number of H-pyrrole nitrogens is 1. The number of nitrogens with zero attached hydrogens (tertiary/aromatic N) is 4. The van der Waals surface area contributed by atoms with Crippen molar-refractivity contribution in [3.63, 3.8) is 0 Å². The molecule has 3 rings (SSSR count). The molecule has 1 aliphatic heterocycles. The van der Waals surface area contributed by atoms with Gasteiger partial charge in [-0.1, -0.05) is 0 Å². The van der Waals surface area contributed by atoms with E-state index in [-0.39, 0.29) is 5.91 Å². The molecule has 130 valence electrons. The van der Waals surface area contributed by atoms with Crippen LogP contribution in [-0.4, -0.2) is 64.3 Å². The summed E-state index contributed by atoms with van der Waals surface area (Å²) in [6.45, 7) is 3.34. The summed E-state index contributed by atoms with van der Waals surface area (Å²) in [6.07, 6.45) is 2.60. The summed E-state index contributed by atoms with van der Waals surface area (Å²) in [6, 6.07) is 3.66. The van der Waals surface area contributed by atoms with Crippen molar-refractivity contribution in [2.45, 2.75) is 19.6 Å². The zero-order valence-electron chi connectivity index (χ0n) is 14.6. The second-order valence-electron chi connectivity index (χ2n) is 6.41. The molecule has 0 aromatic carbocycles. The van der Waals surface area contributed by atoms with Gasteiger partial charge < -0.3 is 19.5 Å². The first-order valence-electron chi connectivity index (χ1n) is 8.25. The molecule has 0 saturated carbocycles. The van der Waals surface area contributed by atoms with Crippen molar-refractivity contribution in [2.75, 3.05) is 33.8 Å². The number of likely N-dealkylation sites (N-methyl/N-ethyl adjacent to an activating group) is 1. The van der Waals surface area contributed by atoms with Gasteiger partial charge in [0.2, 0.25) is 0 Å². The van der Waals surface area contributed by atoms with E-state index in [1.807, 2.05) is 42.9 Å². The van der Waals surface area contributed by atoms with Crippen molar-refractivity contribution >= 4 is 5.91 Å². The van der Waals surface area contributed by atoms with Gasteiger partial charge in [-0.25, -0.2) is 0 Å². The Hall–Kier alpha value is -2.12. The highest BCUT2D eigenvalue weighted by Gasteiger charge is 2.27. The summed E-state index contributed by atoms with van der Waals surface area (Å²) < 4.78 is 7.68. The van der Waals surface area contributed by atoms with Gasteiger partial charge in [-0.3, -0.25) is 9.48 Å². The van der Waals surface area contributed by atoms with E-state index in [0.717, 1.165) is 24.2 Å². The minimum Gasteiger partial charge on any atom is -0.374 e. The number of carbonyl (C=O) groups excluding carboxylic acids is 1. The minimum absolute atomic E-state index is 0.0361. The van der Waals surface area contributed by atoms with Gasteiger partial charge >= 0.3 is 0 Å². The second-order valence-corrected chi connectivity index (χ2v) is 6.41. The summed E-state index contributed by atoms with van der Waals surface area (Å²) in [7, 11) is 6.01. The smallest absolute Gasteiger partial charge is 0.270 e. The molecule has 3 heterocycles. The second kappa shape index (κ2) is 7.19. The zero-order valence-corrected chi connectivity index (χ0v) is 14.6.